The first-order chi connectivity index (χ1) is 16.1. The Kier molecular flexibility index (Phi) is 6.07. The standard InChI is InChI=1S/C24H31ClFN5O2S/c1-6-34-22-28-19-16-18(27-20(25)17(19)26)12(2)7-9-14-15-10-8-13(11-30(14)21(16)29-22)31(15)23(32)33-24(3,4)5/h12-15H,6-11H2,1-5H3/t12-,13-,14-,15+/m1/s1. The molecule has 4 atom stereocenters. The summed E-state index contributed by atoms with van der Waals surface area (Å²) in [6.45, 7) is 10.4. The quantitative estimate of drug-likeness (QED) is 0.289. The molecule has 0 spiro atoms. The number of piperazine rings is 1. The lowest BCUT2D eigenvalue weighted by Gasteiger charge is -2.48. The van der Waals surface area contributed by atoms with Crippen LogP contribution in [-0.4, -0.2) is 62.0 Å². The van der Waals surface area contributed by atoms with Gasteiger partial charge in [-0.2, -0.15) is 0 Å². The van der Waals surface area contributed by atoms with Crippen molar-refractivity contribution in [1.29, 1.82) is 0 Å². The first-order valence-corrected chi connectivity index (χ1v) is 13.4. The van der Waals surface area contributed by atoms with E-state index in [-0.39, 0.29) is 40.8 Å². The minimum absolute atomic E-state index is 0.0220. The van der Waals surface area contributed by atoms with Crippen LogP contribution in [0.4, 0.5) is 15.0 Å². The number of ether oxygens (including phenoxy) is 1. The van der Waals surface area contributed by atoms with Crippen molar-refractivity contribution < 1.29 is 13.9 Å². The first-order valence-electron chi connectivity index (χ1n) is 12.1. The van der Waals surface area contributed by atoms with Crippen molar-refractivity contribution in [3.8, 4) is 0 Å². The number of hydrogen-bond acceptors (Lipinski definition) is 7. The summed E-state index contributed by atoms with van der Waals surface area (Å²) in [5.74, 6) is 0.956. The molecule has 0 N–H and O–H groups in total. The molecule has 34 heavy (non-hydrogen) atoms. The number of thioether (sulfide) groups is 1. The van der Waals surface area contributed by atoms with Gasteiger partial charge < -0.3 is 9.64 Å². The van der Waals surface area contributed by atoms with Crippen LogP contribution in [0, 0.1) is 5.82 Å². The van der Waals surface area contributed by atoms with Crippen LogP contribution in [0.2, 0.25) is 5.15 Å². The van der Waals surface area contributed by atoms with Crippen LogP contribution >= 0.6 is 23.4 Å². The molecule has 3 aliphatic rings. The maximum Gasteiger partial charge on any atom is 0.410 e. The van der Waals surface area contributed by atoms with Crippen LogP contribution in [0.15, 0.2) is 5.16 Å². The van der Waals surface area contributed by atoms with Gasteiger partial charge >= 0.3 is 6.09 Å². The number of nitrogens with zero attached hydrogens (tertiary/aromatic N) is 5. The normalized spacial score (nSPS) is 26.3. The predicted molar refractivity (Wildman–Crippen MR) is 132 cm³/mol. The molecule has 7 nitrogen and oxygen atoms in total. The number of anilines is 1. The molecule has 0 radical (unpaired) electrons. The van der Waals surface area contributed by atoms with Gasteiger partial charge in [-0.15, -0.1) is 0 Å². The van der Waals surface area contributed by atoms with Gasteiger partial charge in [0, 0.05) is 6.54 Å². The van der Waals surface area contributed by atoms with Crippen LogP contribution < -0.4 is 4.90 Å². The van der Waals surface area contributed by atoms with Gasteiger partial charge in [-0.05, 0) is 58.1 Å². The van der Waals surface area contributed by atoms with E-state index in [9.17, 15) is 4.79 Å². The van der Waals surface area contributed by atoms with Gasteiger partial charge in [0.25, 0.3) is 0 Å². The number of halogens is 2. The molecule has 0 aliphatic carbocycles. The summed E-state index contributed by atoms with van der Waals surface area (Å²) < 4.78 is 21.0. The fourth-order valence-electron chi connectivity index (χ4n) is 5.68. The van der Waals surface area contributed by atoms with E-state index in [4.69, 9.17) is 21.3 Å². The molecule has 1 amide bonds. The van der Waals surface area contributed by atoms with E-state index >= 15 is 4.39 Å². The number of pyridine rings is 1. The van der Waals surface area contributed by atoms with E-state index in [0.29, 0.717) is 17.1 Å². The summed E-state index contributed by atoms with van der Waals surface area (Å²) >= 11 is 7.69. The molecule has 0 aromatic carbocycles. The summed E-state index contributed by atoms with van der Waals surface area (Å²) in [6, 6.07) is 0.117. The Morgan fingerprint density at radius 3 is 2.62 bits per heavy atom. The summed E-state index contributed by atoms with van der Waals surface area (Å²) in [7, 11) is 0. The van der Waals surface area contributed by atoms with Crippen molar-refractivity contribution in [3.05, 3.63) is 16.7 Å². The minimum Gasteiger partial charge on any atom is -0.444 e. The molecule has 3 aliphatic heterocycles. The number of carbonyl (C=O) groups excluding carboxylic acids is 1. The topological polar surface area (TPSA) is 71.5 Å². The second kappa shape index (κ2) is 8.66. The molecule has 5 rings (SSSR count). The number of aromatic nitrogens is 3. The number of fused-ring (bicyclic) bond motifs is 5. The lowest BCUT2D eigenvalue weighted by Crippen LogP contribution is -2.62. The third-order valence-corrected chi connectivity index (χ3v) is 8.02. The third kappa shape index (κ3) is 3.98. The van der Waals surface area contributed by atoms with E-state index in [2.05, 4.69) is 21.8 Å². The Balaban J connectivity index is 1.65. The van der Waals surface area contributed by atoms with Gasteiger partial charge in [-0.3, -0.25) is 4.90 Å². The van der Waals surface area contributed by atoms with Crippen LogP contribution in [-0.2, 0) is 4.74 Å². The Morgan fingerprint density at radius 2 is 1.91 bits per heavy atom. The van der Waals surface area contributed by atoms with Gasteiger partial charge in [-0.25, -0.2) is 24.1 Å². The van der Waals surface area contributed by atoms with Crippen LogP contribution in [0.3, 0.4) is 0 Å². The summed E-state index contributed by atoms with van der Waals surface area (Å²) in [4.78, 5) is 31.3. The minimum atomic E-state index is -0.596. The van der Waals surface area contributed by atoms with E-state index in [1.54, 1.807) is 0 Å². The molecule has 0 saturated carbocycles. The molecule has 10 heteroatoms. The average Bonchev–Trinajstić information content (AvgIpc) is 3.08. The second-order valence-corrected chi connectivity index (χ2v) is 12.1. The lowest BCUT2D eigenvalue weighted by atomic mass is 9.88. The molecular weight excluding hydrogens is 477 g/mol. The molecule has 2 aromatic rings. The maximum absolute atomic E-state index is 15.2. The molecular formula is C24H31ClFN5O2S. The Morgan fingerprint density at radius 1 is 1.18 bits per heavy atom. The van der Waals surface area contributed by atoms with Crippen molar-refractivity contribution >= 4 is 46.2 Å². The summed E-state index contributed by atoms with van der Waals surface area (Å²) in [6.07, 6.45) is 3.31. The van der Waals surface area contributed by atoms with E-state index in [0.717, 1.165) is 42.9 Å². The van der Waals surface area contributed by atoms with Crippen molar-refractivity contribution in [1.82, 2.24) is 19.9 Å². The number of hydrogen-bond donors (Lipinski definition) is 0. The fourth-order valence-corrected chi connectivity index (χ4v) is 6.42. The zero-order valence-corrected chi connectivity index (χ0v) is 21.8. The highest BCUT2D eigenvalue weighted by molar-refractivity contribution is 7.99. The van der Waals surface area contributed by atoms with Gasteiger partial charge in [0.2, 0.25) is 0 Å². The van der Waals surface area contributed by atoms with Crippen LogP contribution in [0.1, 0.15) is 71.9 Å². The monoisotopic (exact) mass is 507 g/mol. The SMILES string of the molecule is CCSc1nc2c3c(nc(Cl)c(F)c3n1)[C@H](C)CC[C@@H]1[C@@H]3CC[C@H](CN21)N3C(=O)OC(C)(C)C. The molecule has 0 unspecified atom stereocenters. The number of carbonyl (C=O) groups is 1. The van der Waals surface area contributed by atoms with Gasteiger partial charge in [0.05, 0.1) is 29.2 Å². The van der Waals surface area contributed by atoms with Crippen LogP contribution in [0.25, 0.3) is 10.9 Å². The Bertz CT molecular complexity index is 1140. The van der Waals surface area contributed by atoms with Crippen molar-refractivity contribution in [2.75, 3.05) is 17.2 Å². The average molecular weight is 508 g/mol. The lowest BCUT2D eigenvalue weighted by molar-refractivity contribution is 0.00694. The Labute approximate surface area is 208 Å². The zero-order valence-electron chi connectivity index (χ0n) is 20.3. The predicted octanol–water partition coefficient (Wildman–Crippen LogP) is 5.78. The second-order valence-electron chi connectivity index (χ2n) is 10.5. The maximum atomic E-state index is 15.2. The fraction of sp³-hybridized carbons (Fsp3) is 0.667. The number of amides is 1. The van der Waals surface area contributed by atoms with E-state index < -0.39 is 11.4 Å². The smallest absolute Gasteiger partial charge is 0.410 e. The first kappa shape index (κ1) is 23.9. The Hall–Kier alpha value is -1.87. The highest BCUT2D eigenvalue weighted by atomic mass is 35.5. The zero-order chi connectivity index (χ0) is 24.4. The third-order valence-electron chi connectivity index (χ3n) is 7.04. The molecule has 184 valence electrons. The van der Waals surface area contributed by atoms with E-state index in [1.807, 2.05) is 32.6 Å². The highest BCUT2D eigenvalue weighted by Gasteiger charge is 2.50. The molecule has 2 saturated heterocycles. The van der Waals surface area contributed by atoms with Crippen molar-refractivity contribution in [2.24, 2.45) is 0 Å². The summed E-state index contributed by atoms with van der Waals surface area (Å²) in [5, 5.41) is 1.05. The van der Waals surface area contributed by atoms with Crippen molar-refractivity contribution in [2.45, 2.75) is 95.1 Å². The van der Waals surface area contributed by atoms with Crippen molar-refractivity contribution in [3.63, 3.8) is 0 Å². The van der Waals surface area contributed by atoms with Gasteiger partial charge in [0.15, 0.2) is 16.1 Å². The molecule has 2 aromatic heterocycles. The largest absolute Gasteiger partial charge is 0.444 e. The molecule has 2 bridgehead atoms. The van der Waals surface area contributed by atoms with Gasteiger partial charge in [-0.1, -0.05) is 37.2 Å². The number of rotatable bonds is 2. The van der Waals surface area contributed by atoms with E-state index in [1.165, 1.54) is 11.8 Å². The summed E-state index contributed by atoms with van der Waals surface area (Å²) in [5.41, 5.74) is 0.450. The molecule has 2 fully saturated rings. The van der Waals surface area contributed by atoms with Gasteiger partial charge in [0.1, 0.15) is 16.9 Å². The molecule has 5 heterocycles. The van der Waals surface area contributed by atoms with Crippen LogP contribution in [0.5, 0.6) is 0 Å². The highest BCUT2D eigenvalue weighted by Crippen LogP contribution is 2.45.